The van der Waals surface area contributed by atoms with Crippen LogP contribution in [-0.2, 0) is 14.3 Å². The van der Waals surface area contributed by atoms with Gasteiger partial charge in [-0.1, -0.05) is 21.6 Å². The van der Waals surface area contributed by atoms with Gasteiger partial charge in [-0.15, -0.1) is 0 Å². The van der Waals surface area contributed by atoms with Gasteiger partial charge in [-0.3, -0.25) is 9.59 Å². The average molecular weight is 293 g/mol. The summed E-state index contributed by atoms with van der Waals surface area (Å²) in [6.07, 6.45) is 1.29. The summed E-state index contributed by atoms with van der Waals surface area (Å²) in [5, 5.41) is 2.73. The quantitative estimate of drug-likeness (QED) is 0.423. The molecule has 0 fully saturated rings. The van der Waals surface area contributed by atoms with Crippen molar-refractivity contribution >= 4 is 33.5 Å². The van der Waals surface area contributed by atoms with E-state index in [1.54, 1.807) is 21.6 Å². The van der Waals surface area contributed by atoms with E-state index in [1.165, 1.54) is 6.92 Å². The summed E-state index contributed by atoms with van der Waals surface area (Å²) in [4.78, 5) is 22.0. The number of rotatable bonds is 8. The second-order valence-corrected chi connectivity index (χ2v) is 7.52. The minimum Gasteiger partial charge on any atom is -0.460 e. The topological polar surface area (TPSA) is 55.4 Å². The minimum atomic E-state index is -0.392. The van der Waals surface area contributed by atoms with Gasteiger partial charge in [0.15, 0.2) is 0 Å². The van der Waals surface area contributed by atoms with Crippen molar-refractivity contribution in [2.24, 2.45) is 0 Å². The molecule has 0 aromatic rings. The van der Waals surface area contributed by atoms with Crippen LogP contribution in [-0.4, -0.2) is 35.5 Å². The van der Waals surface area contributed by atoms with Crippen LogP contribution in [0.3, 0.4) is 0 Å². The zero-order valence-corrected chi connectivity index (χ0v) is 13.2. The van der Waals surface area contributed by atoms with Crippen LogP contribution in [0.5, 0.6) is 0 Å². The fraction of sp³-hybridized carbons (Fsp3) is 0.833. The second kappa shape index (κ2) is 9.55. The predicted octanol–water partition coefficient (Wildman–Crippen LogP) is 2.63. The molecular weight excluding hydrogens is 270 g/mol. The van der Waals surface area contributed by atoms with Gasteiger partial charge in [-0.25, -0.2) is 0 Å². The number of hydrogen-bond donors (Lipinski definition) is 1. The van der Waals surface area contributed by atoms with Gasteiger partial charge in [0, 0.05) is 31.4 Å². The smallest absolute Gasteiger partial charge is 0.306 e. The van der Waals surface area contributed by atoms with E-state index >= 15 is 0 Å². The summed E-state index contributed by atoms with van der Waals surface area (Å²) >= 11 is 0. The Morgan fingerprint density at radius 2 is 1.78 bits per heavy atom. The number of ether oxygens (including phenoxy) is 1. The zero-order valence-electron chi connectivity index (χ0n) is 11.6. The SMILES string of the molecule is CC(=O)NCCSSCCCC(=O)OC(C)(C)C. The van der Waals surface area contributed by atoms with Crippen LogP contribution in [0, 0.1) is 0 Å². The van der Waals surface area contributed by atoms with E-state index in [1.807, 2.05) is 20.8 Å². The van der Waals surface area contributed by atoms with Gasteiger partial charge in [0.1, 0.15) is 5.60 Å². The van der Waals surface area contributed by atoms with Crippen molar-refractivity contribution in [1.29, 1.82) is 0 Å². The molecule has 0 bridgehead atoms. The first kappa shape index (κ1) is 17.6. The van der Waals surface area contributed by atoms with Crippen molar-refractivity contribution in [3.63, 3.8) is 0 Å². The van der Waals surface area contributed by atoms with Crippen LogP contribution in [0.1, 0.15) is 40.5 Å². The third kappa shape index (κ3) is 13.7. The lowest BCUT2D eigenvalue weighted by Crippen LogP contribution is -2.23. The summed E-state index contributed by atoms with van der Waals surface area (Å²) < 4.78 is 5.21. The van der Waals surface area contributed by atoms with E-state index in [4.69, 9.17) is 4.74 Å². The van der Waals surface area contributed by atoms with Gasteiger partial charge in [0.25, 0.3) is 0 Å². The molecule has 1 amide bonds. The molecule has 0 radical (unpaired) electrons. The predicted molar refractivity (Wildman–Crippen MR) is 78.7 cm³/mol. The van der Waals surface area contributed by atoms with Gasteiger partial charge in [0.05, 0.1) is 0 Å². The maximum absolute atomic E-state index is 11.4. The van der Waals surface area contributed by atoms with Gasteiger partial charge in [-0.2, -0.15) is 0 Å². The normalized spacial score (nSPS) is 11.1. The Hall–Kier alpha value is -0.360. The van der Waals surface area contributed by atoms with Crippen molar-refractivity contribution in [2.45, 2.75) is 46.1 Å². The number of nitrogens with one attached hydrogen (secondary N) is 1. The second-order valence-electron chi connectivity index (χ2n) is 4.82. The molecule has 0 aromatic heterocycles. The number of esters is 1. The van der Waals surface area contributed by atoms with Gasteiger partial charge >= 0.3 is 5.97 Å². The summed E-state index contributed by atoms with van der Waals surface area (Å²) in [5.74, 6) is 1.68. The van der Waals surface area contributed by atoms with Gasteiger partial charge in [0.2, 0.25) is 5.91 Å². The first-order chi connectivity index (χ1) is 8.31. The van der Waals surface area contributed by atoms with Crippen LogP contribution in [0.15, 0.2) is 0 Å². The van der Waals surface area contributed by atoms with Crippen LogP contribution in [0.4, 0.5) is 0 Å². The summed E-state index contributed by atoms with van der Waals surface area (Å²) in [7, 11) is 3.43. The number of amides is 1. The highest BCUT2D eigenvalue weighted by atomic mass is 33.1. The van der Waals surface area contributed by atoms with E-state index < -0.39 is 5.60 Å². The van der Waals surface area contributed by atoms with Crippen molar-refractivity contribution < 1.29 is 14.3 Å². The van der Waals surface area contributed by atoms with Crippen molar-refractivity contribution in [2.75, 3.05) is 18.1 Å². The van der Waals surface area contributed by atoms with E-state index in [9.17, 15) is 9.59 Å². The molecule has 0 atom stereocenters. The standard InChI is InChI=1S/C12H23NO3S2/c1-10(14)13-7-9-18-17-8-5-6-11(15)16-12(2,3)4/h5-9H2,1-4H3,(H,13,14). The molecule has 0 aliphatic heterocycles. The zero-order chi connectivity index (χ0) is 14.0. The fourth-order valence-corrected chi connectivity index (χ4v) is 3.05. The lowest BCUT2D eigenvalue weighted by molar-refractivity contribution is -0.154. The highest BCUT2D eigenvalue weighted by molar-refractivity contribution is 8.76. The van der Waals surface area contributed by atoms with E-state index in [-0.39, 0.29) is 11.9 Å². The first-order valence-corrected chi connectivity index (χ1v) is 8.51. The maximum atomic E-state index is 11.4. The molecule has 0 rings (SSSR count). The van der Waals surface area contributed by atoms with Crippen LogP contribution < -0.4 is 5.32 Å². The molecule has 0 saturated heterocycles. The van der Waals surface area contributed by atoms with Gasteiger partial charge in [-0.05, 0) is 27.2 Å². The largest absolute Gasteiger partial charge is 0.460 e. The van der Waals surface area contributed by atoms with E-state index in [2.05, 4.69) is 5.32 Å². The molecule has 0 aromatic carbocycles. The highest BCUT2D eigenvalue weighted by Gasteiger charge is 2.15. The molecule has 1 N–H and O–H groups in total. The Morgan fingerprint density at radius 1 is 1.17 bits per heavy atom. The Labute approximate surface area is 117 Å². The van der Waals surface area contributed by atoms with Crippen LogP contribution in [0.25, 0.3) is 0 Å². The van der Waals surface area contributed by atoms with Crippen molar-refractivity contribution in [3.8, 4) is 0 Å². The third-order valence-corrected chi connectivity index (χ3v) is 4.16. The molecule has 0 saturated carbocycles. The van der Waals surface area contributed by atoms with Gasteiger partial charge < -0.3 is 10.1 Å². The number of carbonyl (C=O) groups excluding carboxylic acids is 2. The molecule has 4 nitrogen and oxygen atoms in total. The van der Waals surface area contributed by atoms with Crippen LogP contribution in [0.2, 0.25) is 0 Å². The highest BCUT2D eigenvalue weighted by Crippen LogP contribution is 2.22. The average Bonchev–Trinajstić information content (AvgIpc) is 2.18. The van der Waals surface area contributed by atoms with E-state index in [0.29, 0.717) is 13.0 Å². The molecule has 0 heterocycles. The van der Waals surface area contributed by atoms with Crippen LogP contribution >= 0.6 is 21.6 Å². The Kier molecular flexibility index (Phi) is 9.36. The minimum absolute atomic E-state index is 0.00512. The summed E-state index contributed by atoms with van der Waals surface area (Å²) in [6.45, 7) is 7.82. The maximum Gasteiger partial charge on any atom is 0.306 e. The molecule has 0 aliphatic rings. The summed E-state index contributed by atoms with van der Waals surface area (Å²) in [5.41, 5.74) is -0.392. The third-order valence-electron chi connectivity index (χ3n) is 1.67. The van der Waals surface area contributed by atoms with Crippen molar-refractivity contribution in [1.82, 2.24) is 5.32 Å². The Bertz CT molecular complexity index is 265. The molecular formula is C12H23NO3S2. The number of hydrogen-bond acceptors (Lipinski definition) is 5. The fourth-order valence-electron chi connectivity index (χ4n) is 1.05. The molecule has 0 unspecified atom stereocenters. The summed E-state index contributed by atoms with van der Waals surface area (Å²) in [6, 6.07) is 0. The molecule has 18 heavy (non-hydrogen) atoms. The van der Waals surface area contributed by atoms with E-state index in [0.717, 1.165) is 17.9 Å². The first-order valence-electron chi connectivity index (χ1n) is 6.02. The molecule has 0 aliphatic carbocycles. The lowest BCUT2D eigenvalue weighted by atomic mass is 10.2. The Balaban J connectivity index is 3.30. The lowest BCUT2D eigenvalue weighted by Gasteiger charge is -2.19. The number of carbonyl (C=O) groups is 2. The Morgan fingerprint density at radius 3 is 2.33 bits per heavy atom. The van der Waals surface area contributed by atoms with Crippen molar-refractivity contribution in [3.05, 3.63) is 0 Å². The molecule has 0 spiro atoms. The molecule has 106 valence electrons. The monoisotopic (exact) mass is 293 g/mol. The molecule has 6 heteroatoms.